The van der Waals surface area contributed by atoms with E-state index in [9.17, 15) is 9.59 Å². The first-order chi connectivity index (χ1) is 9.63. The van der Waals surface area contributed by atoms with Crippen molar-refractivity contribution in [3.63, 3.8) is 0 Å². The first kappa shape index (κ1) is 16.2. The Kier molecular flexibility index (Phi) is 7.42. The van der Waals surface area contributed by atoms with Gasteiger partial charge in [0.05, 0.1) is 12.8 Å². The van der Waals surface area contributed by atoms with Crippen LogP contribution in [0, 0.1) is 0 Å². The minimum Gasteiger partial charge on any atom is -0.467 e. The van der Waals surface area contributed by atoms with E-state index in [2.05, 4.69) is 5.32 Å². The molecular formula is C14H22N2O4. The van der Waals surface area contributed by atoms with E-state index in [-0.39, 0.29) is 18.2 Å². The zero-order valence-corrected chi connectivity index (χ0v) is 12.1. The van der Waals surface area contributed by atoms with Crippen LogP contribution in [-0.2, 0) is 20.9 Å². The summed E-state index contributed by atoms with van der Waals surface area (Å²) >= 11 is 0. The van der Waals surface area contributed by atoms with Crippen LogP contribution in [-0.4, -0.2) is 43.5 Å². The average Bonchev–Trinajstić information content (AvgIpc) is 2.93. The SMILES string of the molecule is COCCCN(CCC(=O)NCc1ccco1)C(C)=O. The maximum atomic E-state index is 11.7. The Balaban J connectivity index is 2.23. The quantitative estimate of drug-likeness (QED) is 0.690. The van der Waals surface area contributed by atoms with Crippen LogP contribution in [0.4, 0.5) is 0 Å². The van der Waals surface area contributed by atoms with Crippen LogP contribution in [0.5, 0.6) is 0 Å². The Bertz CT molecular complexity index is 403. The molecule has 1 aromatic rings. The number of carbonyl (C=O) groups excluding carboxylic acids is 2. The topological polar surface area (TPSA) is 71.8 Å². The largest absolute Gasteiger partial charge is 0.467 e. The summed E-state index contributed by atoms with van der Waals surface area (Å²) in [7, 11) is 1.63. The number of hydrogen-bond acceptors (Lipinski definition) is 4. The van der Waals surface area contributed by atoms with Crippen LogP contribution in [0.1, 0.15) is 25.5 Å². The molecule has 112 valence electrons. The Morgan fingerprint density at radius 3 is 2.80 bits per heavy atom. The summed E-state index contributed by atoms with van der Waals surface area (Å²) in [6.07, 6.45) is 2.62. The minimum absolute atomic E-state index is 0.0278. The number of carbonyl (C=O) groups is 2. The van der Waals surface area contributed by atoms with Gasteiger partial charge < -0.3 is 19.4 Å². The van der Waals surface area contributed by atoms with Gasteiger partial charge in [-0.3, -0.25) is 9.59 Å². The van der Waals surface area contributed by atoms with E-state index in [4.69, 9.17) is 9.15 Å². The van der Waals surface area contributed by atoms with Crippen LogP contribution in [0.2, 0.25) is 0 Å². The molecule has 0 saturated heterocycles. The number of hydrogen-bond donors (Lipinski definition) is 1. The molecule has 0 aliphatic carbocycles. The second-order valence-corrected chi connectivity index (χ2v) is 4.46. The fourth-order valence-corrected chi connectivity index (χ4v) is 1.75. The van der Waals surface area contributed by atoms with Crippen LogP contribution in [0.15, 0.2) is 22.8 Å². The first-order valence-electron chi connectivity index (χ1n) is 6.67. The van der Waals surface area contributed by atoms with Crippen molar-refractivity contribution in [3.8, 4) is 0 Å². The van der Waals surface area contributed by atoms with E-state index < -0.39 is 0 Å². The Labute approximate surface area is 119 Å². The maximum Gasteiger partial charge on any atom is 0.222 e. The van der Waals surface area contributed by atoms with Crippen molar-refractivity contribution in [1.29, 1.82) is 0 Å². The summed E-state index contributed by atoms with van der Waals surface area (Å²) < 4.78 is 10.1. The molecule has 1 heterocycles. The van der Waals surface area contributed by atoms with Gasteiger partial charge in [-0.25, -0.2) is 0 Å². The molecule has 0 aliphatic rings. The van der Waals surface area contributed by atoms with E-state index in [0.29, 0.717) is 32.0 Å². The maximum absolute atomic E-state index is 11.7. The minimum atomic E-state index is -0.0978. The van der Waals surface area contributed by atoms with Gasteiger partial charge in [-0.1, -0.05) is 0 Å². The smallest absolute Gasteiger partial charge is 0.222 e. The molecule has 0 saturated carbocycles. The highest BCUT2D eigenvalue weighted by molar-refractivity contribution is 5.77. The third-order valence-corrected chi connectivity index (χ3v) is 2.87. The lowest BCUT2D eigenvalue weighted by Gasteiger charge is -2.20. The monoisotopic (exact) mass is 282 g/mol. The molecule has 20 heavy (non-hydrogen) atoms. The third kappa shape index (κ3) is 6.38. The van der Waals surface area contributed by atoms with Crippen molar-refractivity contribution in [2.45, 2.75) is 26.3 Å². The zero-order chi connectivity index (χ0) is 14.8. The van der Waals surface area contributed by atoms with Crippen molar-refractivity contribution in [1.82, 2.24) is 10.2 Å². The fraction of sp³-hybridized carbons (Fsp3) is 0.571. The predicted molar refractivity (Wildman–Crippen MR) is 73.9 cm³/mol. The molecule has 6 nitrogen and oxygen atoms in total. The van der Waals surface area contributed by atoms with Crippen LogP contribution in [0.3, 0.4) is 0 Å². The number of ether oxygens (including phenoxy) is 1. The molecule has 0 unspecified atom stereocenters. The Morgan fingerprint density at radius 2 is 2.20 bits per heavy atom. The second kappa shape index (κ2) is 9.14. The van der Waals surface area contributed by atoms with Crippen molar-refractivity contribution in [2.75, 3.05) is 26.8 Å². The normalized spacial score (nSPS) is 10.3. The van der Waals surface area contributed by atoms with Crippen molar-refractivity contribution in [3.05, 3.63) is 24.2 Å². The first-order valence-corrected chi connectivity index (χ1v) is 6.67. The van der Waals surface area contributed by atoms with Gasteiger partial charge >= 0.3 is 0 Å². The molecular weight excluding hydrogens is 260 g/mol. The molecule has 1 rings (SSSR count). The molecule has 0 aliphatic heterocycles. The van der Waals surface area contributed by atoms with Crippen LogP contribution < -0.4 is 5.32 Å². The van der Waals surface area contributed by atoms with E-state index in [1.165, 1.54) is 6.92 Å². The predicted octanol–water partition coefficient (Wildman–Crippen LogP) is 1.17. The fourth-order valence-electron chi connectivity index (χ4n) is 1.75. The van der Waals surface area contributed by atoms with Gasteiger partial charge in [0.15, 0.2) is 0 Å². The molecule has 2 amide bonds. The number of amides is 2. The molecule has 0 atom stereocenters. The molecule has 1 N–H and O–H groups in total. The van der Waals surface area contributed by atoms with Gasteiger partial charge in [-0.2, -0.15) is 0 Å². The summed E-state index contributed by atoms with van der Waals surface area (Å²) in [5.41, 5.74) is 0. The molecule has 0 bridgehead atoms. The van der Waals surface area contributed by atoms with Crippen molar-refractivity contribution >= 4 is 11.8 Å². The summed E-state index contributed by atoms with van der Waals surface area (Å²) in [6.45, 7) is 3.51. The van der Waals surface area contributed by atoms with E-state index in [1.807, 2.05) is 0 Å². The van der Waals surface area contributed by atoms with Gasteiger partial charge in [0, 0.05) is 40.2 Å². The number of nitrogens with zero attached hydrogens (tertiary/aromatic N) is 1. The summed E-state index contributed by atoms with van der Waals surface area (Å²) in [5, 5.41) is 2.75. The average molecular weight is 282 g/mol. The van der Waals surface area contributed by atoms with E-state index in [0.717, 1.165) is 6.42 Å². The molecule has 1 aromatic heterocycles. The summed E-state index contributed by atoms with van der Waals surface area (Å²) in [5.74, 6) is 0.584. The highest BCUT2D eigenvalue weighted by Gasteiger charge is 2.11. The lowest BCUT2D eigenvalue weighted by atomic mass is 10.3. The highest BCUT2D eigenvalue weighted by atomic mass is 16.5. The second-order valence-electron chi connectivity index (χ2n) is 4.46. The standard InChI is InChI=1S/C14H22N2O4/c1-12(17)16(7-4-9-19-2)8-6-14(18)15-11-13-5-3-10-20-13/h3,5,10H,4,6-9,11H2,1-2H3,(H,15,18). The van der Waals surface area contributed by atoms with Gasteiger partial charge in [0.1, 0.15) is 5.76 Å². The van der Waals surface area contributed by atoms with Gasteiger partial charge in [-0.05, 0) is 18.6 Å². The molecule has 0 spiro atoms. The number of nitrogens with one attached hydrogen (secondary N) is 1. The zero-order valence-electron chi connectivity index (χ0n) is 12.1. The lowest BCUT2D eigenvalue weighted by molar-refractivity contribution is -0.130. The Morgan fingerprint density at radius 1 is 1.40 bits per heavy atom. The third-order valence-electron chi connectivity index (χ3n) is 2.87. The van der Waals surface area contributed by atoms with Gasteiger partial charge in [0.2, 0.25) is 11.8 Å². The van der Waals surface area contributed by atoms with Crippen molar-refractivity contribution in [2.24, 2.45) is 0 Å². The Hall–Kier alpha value is -1.82. The molecule has 0 aromatic carbocycles. The van der Waals surface area contributed by atoms with Crippen LogP contribution >= 0.6 is 0 Å². The molecule has 6 heteroatoms. The number of furan rings is 1. The van der Waals surface area contributed by atoms with Crippen molar-refractivity contribution < 1.29 is 18.7 Å². The van der Waals surface area contributed by atoms with Gasteiger partial charge in [0.25, 0.3) is 0 Å². The lowest BCUT2D eigenvalue weighted by Crippen LogP contribution is -2.34. The number of rotatable bonds is 9. The van der Waals surface area contributed by atoms with Crippen LogP contribution in [0.25, 0.3) is 0 Å². The van der Waals surface area contributed by atoms with E-state index >= 15 is 0 Å². The van der Waals surface area contributed by atoms with E-state index in [1.54, 1.807) is 30.4 Å². The summed E-state index contributed by atoms with van der Waals surface area (Å²) in [4.78, 5) is 24.8. The molecule has 0 fully saturated rings. The number of methoxy groups -OCH3 is 1. The highest BCUT2D eigenvalue weighted by Crippen LogP contribution is 2.00. The van der Waals surface area contributed by atoms with Gasteiger partial charge in [-0.15, -0.1) is 0 Å². The summed E-state index contributed by atoms with van der Waals surface area (Å²) in [6, 6.07) is 3.57. The molecule has 0 radical (unpaired) electrons.